The molecule has 0 unspecified atom stereocenters. The summed E-state index contributed by atoms with van der Waals surface area (Å²) in [5.74, 6) is -0.541. The van der Waals surface area contributed by atoms with Crippen molar-refractivity contribution in [3.8, 4) is 0 Å². The molecular weight excluding hydrogens is 462 g/mol. The van der Waals surface area contributed by atoms with Crippen molar-refractivity contribution in [2.24, 2.45) is 0 Å². The number of likely N-dealkylation sites (N-methyl/N-ethyl adjacent to an activating group) is 1. The first kappa shape index (κ1) is 24.8. The number of fused-ring (bicyclic) bond motifs is 1. The standard InChI is InChI=1S/C23H27N3O5S2/c1-4-26(5-2)33(30,31)21-14-11-20(12-15-21)24-23(27)17-25(3)32(28,29)22-13-10-18-8-6-7-9-19(18)16-22/h6-16H,4-5,17H2,1-3H3,(H,24,27). The van der Waals surface area contributed by atoms with Gasteiger partial charge >= 0.3 is 0 Å². The van der Waals surface area contributed by atoms with Crippen molar-refractivity contribution >= 4 is 42.4 Å². The predicted molar refractivity (Wildman–Crippen MR) is 129 cm³/mol. The van der Waals surface area contributed by atoms with Gasteiger partial charge in [-0.15, -0.1) is 0 Å². The molecule has 0 heterocycles. The van der Waals surface area contributed by atoms with Gasteiger partial charge in [0.25, 0.3) is 0 Å². The van der Waals surface area contributed by atoms with E-state index >= 15 is 0 Å². The Bertz CT molecular complexity index is 1350. The Kier molecular flexibility index (Phi) is 7.53. The van der Waals surface area contributed by atoms with Gasteiger partial charge in [-0.2, -0.15) is 8.61 Å². The van der Waals surface area contributed by atoms with Crippen LogP contribution < -0.4 is 5.32 Å². The van der Waals surface area contributed by atoms with Gasteiger partial charge < -0.3 is 5.32 Å². The second-order valence-corrected chi connectivity index (χ2v) is 11.4. The molecule has 0 bridgehead atoms. The molecule has 176 valence electrons. The van der Waals surface area contributed by atoms with Crippen LogP contribution >= 0.6 is 0 Å². The van der Waals surface area contributed by atoms with Crippen molar-refractivity contribution in [2.75, 3.05) is 32.0 Å². The summed E-state index contributed by atoms with van der Waals surface area (Å²) in [6.45, 7) is 3.84. The fourth-order valence-electron chi connectivity index (χ4n) is 3.42. The number of hydrogen-bond acceptors (Lipinski definition) is 5. The van der Waals surface area contributed by atoms with Crippen molar-refractivity contribution in [2.45, 2.75) is 23.6 Å². The van der Waals surface area contributed by atoms with Crippen LogP contribution in [0.2, 0.25) is 0 Å². The molecule has 3 rings (SSSR count). The average molecular weight is 490 g/mol. The van der Waals surface area contributed by atoms with Gasteiger partial charge in [0.15, 0.2) is 0 Å². The van der Waals surface area contributed by atoms with E-state index in [1.54, 1.807) is 26.0 Å². The number of carbonyl (C=O) groups is 1. The fraction of sp³-hybridized carbons (Fsp3) is 0.261. The quantitative estimate of drug-likeness (QED) is 0.497. The zero-order valence-electron chi connectivity index (χ0n) is 18.7. The van der Waals surface area contributed by atoms with E-state index in [0.717, 1.165) is 15.1 Å². The molecule has 8 nitrogen and oxygen atoms in total. The maximum atomic E-state index is 12.9. The molecule has 33 heavy (non-hydrogen) atoms. The number of nitrogens with one attached hydrogen (secondary N) is 1. The minimum Gasteiger partial charge on any atom is -0.325 e. The smallest absolute Gasteiger partial charge is 0.243 e. The molecule has 3 aromatic carbocycles. The summed E-state index contributed by atoms with van der Waals surface area (Å²) >= 11 is 0. The van der Waals surface area contributed by atoms with Crippen LogP contribution in [-0.4, -0.2) is 58.0 Å². The molecule has 3 aromatic rings. The zero-order valence-corrected chi connectivity index (χ0v) is 20.4. The van der Waals surface area contributed by atoms with Crippen LogP contribution in [0.4, 0.5) is 5.69 Å². The van der Waals surface area contributed by atoms with Crippen molar-refractivity contribution in [3.05, 3.63) is 66.7 Å². The minimum atomic E-state index is -3.87. The molecule has 0 radical (unpaired) electrons. The lowest BCUT2D eigenvalue weighted by molar-refractivity contribution is -0.116. The van der Waals surface area contributed by atoms with Crippen LogP contribution in [0.15, 0.2) is 76.5 Å². The molecule has 0 aliphatic rings. The van der Waals surface area contributed by atoms with E-state index in [9.17, 15) is 21.6 Å². The number of benzene rings is 3. The van der Waals surface area contributed by atoms with E-state index in [0.29, 0.717) is 18.8 Å². The van der Waals surface area contributed by atoms with Crippen LogP contribution in [0, 0.1) is 0 Å². The van der Waals surface area contributed by atoms with E-state index in [1.807, 2.05) is 24.3 Å². The highest BCUT2D eigenvalue weighted by atomic mass is 32.2. The van der Waals surface area contributed by atoms with Crippen molar-refractivity contribution in [1.82, 2.24) is 8.61 Å². The molecular formula is C23H27N3O5S2. The first-order valence-electron chi connectivity index (χ1n) is 10.4. The summed E-state index contributed by atoms with van der Waals surface area (Å²) in [7, 11) is -6.13. The first-order valence-corrected chi connectivity index (χ1v) is 13.3. The third kappa shape index (κ3) is 5.41. The highest BCUT2D eigenvalue weighted by Crippen LogP contribution is 2.22. The summed E-state index contributed by atoms with van der Waals surface area (Å²) in [6.07, 6.45) is 0. The normalized spacial score (nSPS) is 12.4. The lowest BCUT2D eigenvalue weighted by atomic mass is 10.1. The third-order valence-electron chi connectivity index (χ3n) is 5.28. The minimum absolute atomic E-state index is 0.0995. The maximum Gasteiger partial charge on any atom is 0.243 e. The van der Waals surface area contributed by atoms with E-state index in [1.165, 1.54) is 41.7 Å². The second-order valence-electron chi connectivity index (χ2n) is 7.43. The summed E-state index contributed by atoms with van der Waals surface area (Å²) < 4.78 is 53.3. The highest BCUT2D eigenvalue weighted by Gasteiger charge is 2.24. The zero-order chi connectivity index (χ0) is 24.2. The van der Waals surface area contributed by atoms with E-state index < -0.39 is 32.5 Å². The van der Waals surface area contributed by atoms with Crippen LogP contribution in [-0.2, 0) is 24.8 Å². The molecule has 1 N–H and O–H groups in total. The number of amides is 1. The Morgan fingerprint density at radius 1 is 0.788 bits per heavy atom. The van der Waals surface area contributed by atoms with Gasteiger partial charge in [0.2, 0.25) is 26.0 Å². The molecule has 0 spiro atoms. The van der Waals surface area contributed by atoms with Crippen LogP contribution in [0.1, 0.15) is 13.8 Å². The van der Waals surface area contributed by atoms with Gasteiger partial charge in [-0.1, -0.05) is 44.2 Å². The highest BCUT2D eigenvalue weighted by molar-refractivity contribution is 7.89. The number of nitrogens with zero attached hydrogens (tertiary/aromatic N) is 2. The Balaban J connectivity index is 1.69. The van der Waals surface area contributed by atoms with Crippen molar-refractivity contribution in [3.63, 3.8) is 0 Å². The second kappa shape index (κ2) is 10.0. The number of rotatable bonds is 9. The largest absolute Gasteiger partial charge is 0.325 e. The maximum absolute atomic E-state index is 12.9. The molecule has 0 saturated carbocycles. The number of sulfonamides is 2. The van der Waals surface area contributed by atoms with E-state index in [2.05, 4.69) is 5.32 Å². The Morgan fingerprint density at radius 2 is 1.36 bits per heavy atom. The SMILES string of the molecule is CCN(CC)S(=O)(=O)c1ccc(NC(=O)CN(C)S(=O)(=O)c2ccc3ccccc3c2)cc1. The summed E-state index contributed by atoms with van der Waals surface area (Å²) in [5, 5.41) is 4.32. The van der Waals surface area contributed by atoms with Gasteiger partial charge in [0.1, 0.15) is 0 Å². The number of carbonyl (C=O) groups excluding carboxylic acids is 1. The van der Waals surface area contributed by atoms with Gasteiger partial charge in [0.05, 0.1) is 16.3 Å². The lowest BCUT2D eigenvalue weighted by Crippen LogP contribution is -2.35. The molecule has 1 amide bonds. The molecule has 0 aliphatic heterocycles. The molecule has 0 aromatic heterocycles. The van der Waals surface area contributed by atoms with E-state index in [-0.39, 0.29) is 9.79 Å². The number of anilines is 1. The van der Waals surface area contributed by atoms with Gasteiger partial charge in [-0.05, 0) is 47.2 Å². The third-order valence-corrected chi connectivity index (χ3v) is 9.14. The summed E-state index contributed by atoms with van der Waals surface area (Å²) in [6, 6.07) is 18.0. The van der Waals surface area contributed by atoms with Crippen LogP contribution in [0.5, 0.6) is 0 Å². The summed E-state index contributed by atoms with van der Waals surface area (Å²) in [5.41, 5.74) is 0.370. The summed E-state index contributed by atoms with van der Waals surface area (Å²) in [4.78, 5) is 12.7. The predicted octanol–water partition coefficient (Wildman–Crippen LogP) is 3.13. The first-order chi connectivity index (χ1) is 15.6. The molecule has 0 aliphatic carbocycles. The van der Waals surface area contributed by atoms with Crippen molar-refractivity contribution in [1.29, 1.82) is 0 Å². The Labute approximate surface area is 194 Å². The average Bonchev–Trinajstić information content (AvgIpc) is 2.79. The van der Waals surface area contributed by atoms with Gasteiger partial charge in [-0.3, -0.25) is 4.79 Å². The molecule has 0 saturated heterocycles. The Hall–Kier alpha value is -2.79. The van der Waals surface area contributed by atoms with Gasteiger partial charge in [0, 0.05) is 25.8 Å². The number of hydrogen-bond donors (Lipinski definition) is 1. The Morgan fingerprint density at radius 3 is 1.97 bits per heavy atom. The monoisotopic (exact) mass is 489 g/mol. The lowest BCUT2D eigenvalue weighted by Gasteiger charge is -2.19. The molecule has 0 fully saturated rings. The fourth-order valence-corrected chi connectivity index (χ4v) is 6.04. The molecule has 10 heteroatoms. The topological polar surface area (TPSA) is 104 Å². The van der Waals surface area contributed by atoms with Crippen molar-refractivity contribution < 1.29 is 21.6 Å². The van der Waals surface area contributed by atoms with Crippen LogP contribution in [0.25, 0.3) is 10.8 Å². The van der Waals surface area contributed by atoms with Crippen LogP contribution in [0.3, 0.4) is 0 Å². The molecule has 0 atom stereocenters. The van der Waals surface area contributed by atoms with Gasteiger partial charge in [-0.25, -0.2) is 16.8 Å². The van der Waals surface area contributed by atoms with E-state index in [4.69, 9.17) is 0 Å².